The lowest BCUT2D eigenvalue weighted by Gasteiger charge is -2.45. The van der Waals surface area contributed by atoms with Crippen LogP contribution < -0.4 is 74.5 Å². The zero-order valence-corrected chi connectivity index (χ0v) is 43.0. The van der Waals surface area contributed by atoms with Gasteiger partial charge in [0.15, 0.2) is 0 Å². The Labute approximate surface area is 395 Å². The number of nitrogens with two attached hydrogens (primary N) is 13. The summed E-state index contributed by atoms with van der Waals surface area (Å²) in [6, 6.07) is 4.08. The molecule has 384 valence electrons. The van der Waals surface area contributed by atoms with E-state index < -0.39 is 0 Å². The highest BCUT2D eigenvalue weighted by molar-refractivity contribution is 4.92. The van der Waals surface area contributed by atoms with E-state index in [1.807, 2.05) is 0 Å². The predicted molar refractivity (Wildman–Crippen MR) is 279 cm³/mol. The second kappa shape index (κ2) is 33.1. The smallest absolute Gasteiger partial charge is 0.0192 e. The summed E-state index contributed by atoms with van der Waals surface area (Å²) in [6.45, 7) is 15.4. The Balaban J connectivity index is 0.000000375. The molecule has 64 heavy (non-hydrogen) atoms. The van der Waals surface area contributed by atoms with Crippen molar-refractivity contribution in [1.82, 2.24) is 0 Å². The first kappa shape index (κ1) is 61.5. The summed E-state index contributed by atoms with van der Waals surface area (Å²) in [6.07, 6.45) is 31.1. The molecule has 26 N–H and O–H groups in total. The molecule has 0 aromatic carbocycles. The van der Waals surface area contributed by atoms with Crippen molar-refractivity contribution in [3.63, 3.8) is 0 Å². The maximum Gasteiger partial charge on any atom is 0.0192 e. The van der Waals surface area contributed by atoms with Gasteiger partial charge in [-0.05, 0) is 176 Å². The fourth-order valence-electron chi connectivity index (χ4n) is 11.2. The Hall–Kier alpha value is -0.520. The number of hydrogen-bond donors (Lipinski definition) is 13. The topological polar surface area (TPSA) is 338 Å². The number of hydrogen-bond acceptors (Lipinski definition) is 13. The maximum atomic E-state index is 6.06. The quantitative estimate of drug-likeness (QED) is 0.173. The Bertz CT molecular complexity index is 1080. The minimum Gasteiger partial charge on any atom is -0.330 e. The predicted octanol–water partition coefficient (Wildman–Crippen LogP) is 5.22. The first-order valence-electron chi connectivity index (χ1n) is 26.7. The Morgan fingerprint density at radius 2 is 0.797 bits per heavy atom. The fraction of sp³-hybridized carbons (Fsp3) is 1.00. The zero-order chi connectivity index (χ0) is 48.5. The zero-order valence-electron chi connectivity index (χ0n) is 43.0. The van der Waals surface area contributed by atoms with Crippen LogP contribution in [0.25, 0.3) is 0 Å². The summed E-state index contributed by atoms with van der Waals surface area (Å²) in [5.74, 6) is 2.74. The molecule has 0 aliphatic heterocycles. The molecule has 0 bridgehead atoms. The van der Waals surface area contributed by atoms with Crippen molar-refractivity contribution in [1.29, 1.82) is 0 Å². The molecule has 13 nitrogen and oxygen atoms in total. The summed E-state index contributed by atoms with van der Waals surface area (Å²) in [4.78, 5) is 0. The van der Waals surface area contributed by atoms with Crippen LogP contribution in [0, 0.1) is 34.5 Å². The molecule has 13 heteroatoms. The summed E-state index contributed by atoms with van der Waals surface area (Å²) < 4.78 is 0. The van der Waals surface area contributed by atoms with E-state index in [0.29, 0.717) is 77.0 Å². The summed E-state index contributed by atoms with van der Waals surface area (Å²) in [5, 5.41) is 0. The Morgan fingerprint density at radius 3 is 1.14 bits per heavy atom. The van der Waals surface area contributed by atoms with Crippen molar-refractivity contribution in [2.45, 2.75) is 275 Å². The van der Waals surface area contributed by atoms with E-state index in [2.05, 4.69) is 41.5 Å². The third-order valence-corrected chi connectivity index (χ3v) is 16.1. The van der Waals surface area contributed by atoms with E-state index in [9.17, 15) is 0 Å². The first-order valence-corrected chi connectivity index (χ1v) is 26.7. The van der Waals surface area contributed by atoms with Gasteiger partial charge in [0, 0.05) is 66.5 Å². The van der Waals surface area contributed by atoms with Crippen LogP contribution >= 0.6 is 0 Å². The molecule has 0 amide bonds. The average Bonchev–Trinajstić information content (AvgIpc) is 3.24. The molecule has 7 aliphatic rings. The van der Waals surface area contributed by atoms with Gasteiger partial charge in [0.25, 0.3) is 0 Å². The average molecular weight is 911 g/mol. The van der Waals surface area contributed by atoms with Crippen molar-refractivity contribution in [3.05, 3.63) is 0 Å². The van der Waals surface area contributed by atoms with Crippen molar-refractivity contribution >= 4 is 0 Å². The van der Waals surface area contributed by atoms with E-state index in [1.54, 1.807) is 0 Å². The molecular formula is C51H115N13. The SMILES string of the molecule is CC1C(N)CCCC1N.CC1CCC(N)CC1N.CCC1(C)CC(N)CC(C)(C)C1.NC1CCC(N)CC1.NC1CCCC(N)C1.NC1CCCCC1N.NCC1CCCC(CN)C1. The lowest BCUT2D eigenvalue weighted by atomic mass is 9.62. The number of rotatable bonds is 3. The molecule has 7 saturated carbocycles. The molecule has 0 aromatic heterocycles. The molecule has 7 aliphatic carbocycles. The van der Waals surface area contributed by atoms with Gasteiger partial charge >= 0.3 is 0 Å². The minimum atomic E-state index is 0.281. The van der Waals surface area contributed by atoms with Gasteiger partial charge in [0.05, 0.1) is 0 Å². The van der Waals surface area contributed by atoms with Crippen LogP contribution in [0.1, 0.15) is 208 Å². The normalized spacial score (nSPS) is 40.6. The third kappa shape index (κ3) is 27.5. The molecule has 0 radical (unpaired) electrons. The molecule has 7 rings (SSSR count). The van der Waals surface area contributed by atoms with E-state index >= 15 is 0 Å². The Morgan fingerprint density at radius 1 is 0.391 bits per heavy atom. The highest BCUT2D eigenvalue weighted by Crippen LogP contribution is 2.47. The second-order valence-corrected chi connectivity index (χ2v) is 23.3. The maximum absolute atomic E-state index is 6.06. The molecule has 0 heterocycles. The van der Waals surface area contributed by atoms with E-state index in [4.69, 9.17) is 74.5 Å². The van der Waals surface area contributed by atoms with Gasteiger partial charge < -0.3 is 74.5 Å². The minimum absolute atomic E-state index is 0.281. The van der Waals surface area contributed by atoms with Crippen LogP contribution in [-0.2, 0) is 0 Å². The van der Waals surface area contributed by atoms with Gasteiger partial charge in [-0.2, -0.15) is 0 Å². The van der Waals surface area contributed by atoms with E-state index in [-0.39, 0.29) is 12.1 Å². The van der Waals surface area contributed by atoms with E-state index in [0.717, 1.165) is 95.6 Å². The standard InChI is InChI=1S/C11H23N.C8H18N2.2C7H16N2.3C6H14N2/c1-5-11(4)7-9(12)6-10(2,3)8-11;9-5-7-2-1-3-8(4-7)6-10;1-5-2-3-6(8)4-7(5)9;1-5-6(8)3-2-4-7(5)9;7-5-1-2-6(8)4-3-5;7-5-2-1-3-6(8)4-5;7-5-3-1-2-4-6(5)8/h9H,5-8,12H2,1-4H3;7-8H,1-6,9-10H2;2*5-7H,2-4,8-9H2,1H3;3*5-6H,1-4,7-8H2. The second-order valence-electron chi connectivity index (χ2n) is 23.3. The summed E-state index contributed by atoms with van der Waals surface area (Å²) >= 11 is 0. The Kier molecular flexibility index (Phi) is 31.8. The monoisotopic (exact) mass is 910 g/mol. The van der Waals surface area contributed by atoms with Crippen molar-refractivity contribution < 1.29 is 0 Å². The van der Waals surface area contributed by atoms with Crippen molar-refractivity contribution in [2.24, 2.45) is 109 Å². The lowest BCUT2D eigenvalue weighted by Crippen LogP contribution is -2.44. The summed E-state index contributed by atoms with van der Waals surface area (Å²) in [5.41, 5.74) is 75.1. The molecule has 13 atom stereocenters. The van der Waals surface area contributed by atoms with Crippen molar-refractivity contribution in [2.75, 3.05) is 13.1 Å². The highest BCUT2D eigenvalue weighted by Gasteiger charge is 2.38. The largest absolute Gasteiger partial charge is 0.330 e. The molecule has 0 aromatic rings. The van der Waals surface area contributed by atoms with Gasteiger partial charge in [-0.1, -0.05) is 80.1 Å². The van der Waals surface area contributed by atoms with Crippen LogP contribution in [0.4, 0.5) is 0 Å². The first-order chi connectivity index (χ1) is 30.0. The highest BCUT2D eigenvalue weighted by atomic mass is 14.8. The van der Waals surface area contributed by atoms with Crippen LogP contribution in [0.5, 0.6) is 0 Å². The van der Waals surface area contributed by atoms with E-state index in [1.165, 1.54) is 96.3 Å². The van der Waals surface area contributed by atoms with Gasteiger partial charge in [-0.3, -0.25) is 0 Å². The van der Waals surface area contributed by atoms with Gasteiger partial charge in [0.1, 0.15) is 0 Å². The molecule has 0 spiro atoms. The van der Waals surface area contributed by atoms with Gasteiger partial charge in [-0.15, -0.1) is 0 Å². The summed E-state index contributed by atoms with van der Waals surface area (Å²) in [7, 11) is 0. The van der Waals surface area contributed by atoms with Crippen LogP contribution in [0.3, 0.4) is 0 Å². The molecule has 13 unspecified atom stereocenters. The van der Waals surface area contributed by atoms with Gasteiger partial charge in [0.2, 0.25) is 0 Å². The van der Waals surface area contributed by atoms with Gasteiger partial charge in [-0.25, -0.2) is 0 Å². The van der Waals surface area contributed by atoms with Crippen LogP contribution in [0.15, 0.2) is 0 Å². The lowest BCUT2D eigenvalue weighted by molar-refractivity contribution is 0.0802. The molecular weight excluding hydrogens is 795 g/mol. The fourth-order valence-corrected chi connectivity index (χ4v) is 11.2. The van der Waals surface area contributed by atoms with Crippen LogP contribution in [0.2, 0.25) is 0 Å². The molecule has 7 fully saturated rings. The van der Waals surface area contributed by atoms with Crippen molar-refractivity contribution in [3.8, 4) is 0 Å². The van der Waals surface area contributed by atoms with Crippen LogP contribution in [-0.4, -0.2) is 79.5 Å². The molecule has 0 saturated heterocycles. The third-order valence-electron chi connectivity index (χ3n) is 16.1.